The van der Waals surface area contributed by atoms with Crippen LogP contribution >= 0.6 is 0 Å². The van der Waals surface area contributed by atoms with E-state index < -0.39 is 10.8 Å². The Morgan fingerprint density at radius 3 is 2.67 bits per heavy atom. The van der Waals surface area contributed by atoms with Crippen LogP contribution in [-0.4, -0.2) is 45.8 Å². The molecule has 1 heterocycles. The monoisotopic (exact) mass is 308 g/mol. The topological polar surface area (TPSA) is 32.3 Å². The predicted octanol–water partition coefficient (Wildman–Crippen LogP) is 2.57. The van der Waals surface area contributed by atoms with E-state index in [0.717, 1.165) is 26.1 Å². The maximum atomic E-state index is 11.6. The Morgan fingerprint density at radius 2 is 2.05 bits per heavy atom. The molecular weight excluding hydrogens is 280 g/mol. The van der Waals surface area contributed by atoms with Gasteiger partial charge in [0.2, 0.25) is 0 Å². The van der Waals surface area contributed by atoms with Crippen LogP contribution in [0.2, 0.25) is 0 Å². The molecule has 3 nitrogen and oxygen atoms in total. The van der Waals surface area contributed by atoms with E-state index in [-0.39, 0.29) is 10.8 Å². The standard InChI is InChI=1S/C17H28N2OS/c1-14(21(4)20)10-11-19-13-17(2,3)18-12-16(19)15-8-6-5-7-9-15/h5-9,14,16,18H,10-13H2,1-4H3. The summed E-state index contributed by atoms with van der Waals surface area (Å²) in [5.74, 6) is 0. The van der Waals surface area contributed by atoms with Gasteiger partial charge in [-0.15, -0.1) is 0 Å². The summed E-state index contributed by atoms with van der Waals surface area (Å²) in [6.45, 7) is 9.59. The molecule has 3 atom stereocenters. The molecule has 0 spiro atoms. The van der Waals surface area contributed by atoms with Gasteiger partial charge in [0.15, 0.2) is 0 Å². The van der Waals surface area contributed by atoms with Crippen molar-refractivity contribution in [3.63, 3.8) is 0 Å². The number of hydrogen-bond acceptors (Lipinski definition) is 3. The second-order valence-corrected chi connectivity index (χ2v) is 8.56. The van der Waals surface area contributed by atoms with Crippen molar-refractivity contribution in [1.29, 1.82) is 0 Å². The second-order valence-electron chi connectivity index (χ2n) is 6.76. The first-order chi connectivity index (χ1) is 9.89. The van der Waals surface area contributed by atoms with Crippen LogP contribution in [0.15, 0.2) is 30.3 Å². The summed E-state index contributed by atoms with van der Waals surface area (Å²) in [5.41, 5.74) is 1.51. The molecule has 1 N–H and O–H groups in total. The lowest BCUT2D eigenvalue weighted by atomic mass is 9.94. The fraction of sp³-hybridized carbons (Fsp3) is 0.647. The first kappa shape index (κ1) is 16.7. The molecule has 1 aromatic carbocycles. The molecule has 1 saturated heterocycles. The smallest absolute Gasteiger partial charge is 0.0473 e. The van der Waals surface area contributed by atoms with Gasteiger partial charge >= 0.3 is 0 Å². The highest BCUT2D eigenvalue weighted by Gasteiger charge is 2.33. The van der Waals surface area contributed by atoms with Crippen molar-refractivity contribution in [2.75, 3.05) is 25.9 Å². The summed E-state index contributed by atoms with van der Waals surface area (Å²) in [4.78, 5) is 2.55. The van der Waals surface area contributed by atoms with Gasteiger partial charge in [-0.25, -0.2) is 0 Å². The lowest BCUT2D eigenvalue weighted by Gasteiger charge is -2.45. The summed E-state index contributed by atoms with van der Waals surface area (Å²) in [7, 11) is -0.732. The Bertz CT molecular complexity index is 475. The molecule has 1 aliphatic heterocycles. The summed E-state index contributed by atoms with van der Waals surface area (Å²) >= 11 is 0. The van der Waals surface area contributed by atoms with Gasteiger partial charge in [0, 0.05) is 53.5 Å². The molecule has 118 valence electrons. The largest absolute Gasteiger partial charge is 0.309 e. The Morgan fingerprint density at radius 1 is 1.38 bits per heavy atom. The second kappa shape index (κ2) is 7.03. The summed E-state index contributed by atoms with van der Waals surface area (Å²) in [6, 6.07) is 11.1. The maximum Gasteiger partial charge on any atom is 0.0473 e. The van der Waals surface area contributed by atoms with Gasteiger partial charge < -0.3 is 5.32 Å². The zero-order chi connectivity index (χ0) is 15.5. The van der Waals surface area contributed by atoms with Crippen molar-refractivity contribution in [1.82, 2.24) is 10.2 Å². The Kier molecular flexibility index (Phi) is 5.58. The highest BCUT2D eigenvalue weighted by Crippen LogP contribution is 2.27. The third-order valence-electron chi connectivity index (χ3n) is 4.39. The molecule has 2 rings (SSSR count). The van der Waals surface area contributed by atoms with Crippen molar-refractivity contribution in [3.05, 3.63) is 35.9 Å². The predicted molar refractivity (Wildman–Crippen MR) is 91.0 cm³/mol. The van der Waals surface area contributed by atoms with Crippen molar-refractivity contribution >= 4 is 10.8 Å². The average molecular weight is 308 g/mol. The average Bonchev–Trinajstić information content (AvgIpc) is 2.44. The molecule has 1 aliphatic rings. The Balaban J connectivity index is 2.09. The van der Waals surface area contributed by atoms with Gasteiger partial charge in [-0.2, -0.15) is 0 Å². The number of hydrogen-bond donors (Lipinski definition) is 1. The molecule has 0 saturated carbocycles. The Labute approximate surface area is 131 Å². The van der Waals surface area contributed by atoms with Crippen LogP contribution in [0.5, 0.6) is 0 Å². The van der Waals surface area contributed by atoms with Crippen LogP contribution in [0.3, 0.4) is 0 Å². The van der Waals surface area contributed by atoms with E-state index in [4.69, 9.17) is 0 Å². The van der Waals surface area contributed by atoms with E-state index in [2.05, 4.69) is 61.3 Å². The van der Waals surface area contributed by atoms with Gasteiger partial charge in [-0.3, -0.25) is 9.11 Å². The van der Waals surface area contributed by atoms with Crippen LogP contribution < -0.4 is 5.32 Å². The number of benzene rings is 1. The molecule has 0 bridgehead atoms. The maximum absolute atomic E-state index is 11.6. The molecule has 3 unspecified atom stereocenters. The third kappa shape index (κ3) is 4.63. The molecule has 4 heteroatoms. The van der Waals surface area contributed by atoms with Crippen molar-refractivity contribution < 1.29 is 4.21 Å². The van der Waals surface area contributed by atoms with Crippen LogP contribution in [0.4, 0.5) is 0 Å². The van der Waals surface area contributed by atoms with Crippen molar-refractivity contribution in [2.45, 2.75) is 44.0 Å². The normalized spacial score (nSPS) is 25.4. The quantitative estimate of drug-likeness (QED) is 0.907. The number of nitrogens with one attached hydrogen (secondary N) is 1. The Hall–Kier alpha value is -0.710. The van der Waals surface area contributed by atoms with E-state index in [1.165, 1.54) is 5.56 Å². The first-order valence-corrected chi connectivity index (χ1v) is 9.37. The molecule has 0 amide bonds. The van der Waals surface area contributed by atoms with E-state index >= 15 is 0 Å². The van der Waals surface area contributed by atoms with Gasteiger partial charge in [0.1, 0.15) is 0 Å². The van der Waals surface area contributed by atoms with Crippen molar-refractivity contribution in [3.8, 4) is 0 Å². The SMILES string of the molecule is CC(CCN1CC(C)(C)NCC1c1ccccc1)S(C)=O. The van der Waals surface area contributed by atoms with E-state index in [0.29, 0.717) is 6.04 Å². The summed E-state index contributed by atoms with van der Waals surface area (Å²) < 4.78 is 11.6. The fourth-order valence-corrected chi connectivity index (χ4v) is 3.37. The number of piperazine rings is 1. The highest BCUT2D eigenvalue weighted by atomic mass is 32.2. The lowest BCUT2D eigenvalue weighted by molar-refractivity contribution is 0.0940. The minimum atomic E-state index is -0.732. The fourth-order valence-electron chi connectivity index (χ4n) is 2.93. The third-order valence-corrected chi connectivity index (χ3v) is 5.76. The molecule has 21 heavy (non-hydrogen) atoms. The van der Waals surface area contributed by atoms with Crippen LogP contribution in [0.1, 0.15) is 38.8 Å². The first-order valence-electron chi connectivity index (χ1n) is 7.75. The van der Waals surface area contributed by atoms with Gasteiger partial charge in [0.25, 0.3) is 0 Å². The zero-order valence-corrected chi connectivity index (χ0v) is 14.5. The van der Waals surface area contributed by atoms with Crippen molar-refractivity contribution in [2.24, 2.45) is 0 Å². The molecule has 0 aromatic heterocycles. The van der Waals surface area contributed by atoms with E-state index in [1.54, 1.807) is 6.26 Å². The van der Waals surface area contributed by atoms with E-state index in [1.807, 2.05) is 0 Å². The van der Waals surface area contributed by atoms with Gasteiger partial charge in [-0.1, -0.05) is 37.3 Å². The highest BCUT2D eigenvalue weighted by molar-refractivity contribution is 7.84. The minimum absolute atomic E-state index is 0.139. The molecule has 0 aliphatic carbocycles. The van der Waals surface area contributed by atoms with Gasteiger partial charge in [0.05, 0.1) is 0 Å². The van der Waals surface area contributed by atoms with Crippen LogP contribution in [0, 0.1) is 0 Å². The molecule has 1 fully saturated rings. The number of nitrogens with zero attached hydrogens (tertiary/aromatic N) is 1. The molecular formula is C17H28N2OS. The molecule has 1 aromatic rings. The zero-order valence-electron chi connectivity index (χ0n) is 13.6. The van der Waals surface area contributed by atoms with Crippen LogP contribution in [-0.2, 0) is 10.8 Å². The minimum Gasteiger partial charge on any atom is -0.309 e. The van der Waals surface area contributed by atoms with Crippen LogP contribution in [0.25, 0.3) is 0 Å². The van der Waals surface area contributed by atoms with E-state index in [9.17, 15) is 4.21 Å². The van der Waals surface area contributed by atoms with Gasteiger partial charge in [-0.05, 0) is 25.8 Å². The number of rotatable bonds is 5. The summed E-state index contributed by atoms with van der Waals surface area (Å²) in [5, 5.41) is 3.91. The lowest BCUT2D eigenvalue weighted by Crippen LogP contribution is -2.58. The summed E-state index contributed by atoms with van der Waals surface area (Å²) in [6.07, 6.45) is 2.80. The molecule has 0 radical (unpaired) electrons.